The Hall–Kier alpha value is -1.04. The molecule has 1 aromatic carbocycles. The van der Waals surface area contributed by atoms with Crippen LogP contribution in [-0.4, -0.2) is 0 Å². The van der Waals surface area contributed by atoms with Crippen LogP contribution in [0.1, 0.15) is 30.9 Å². The smallest absolute Gasteiger partial charge is 0.000152 e. The van der Waals surface area contributed by atoms with Crippen molar-refractivity contribution in [1.29, 1.82) is 0 Å². The molecular formula is C11H12. The van der Waals surface area contributed by atoms with Crippen LogP contribution in [-0.2, 0) is 0 Å². The zero-order chi connectivity index (χ0) is 7.84. The van der Waals surface area contributed by atoms with Crippen LogP contribution in [0, 0.1) is 0 Å². The Morgan fingerprint density at radius 2 is 1.91 bits per heavy atom. The van der Waals surface area contributed by atoms with Crippen molar-refractivity contribution in [2.24, 2.45) is 0 Å². The zero-order valence-corrected chi connectivity index (χ0v) is 6.96. The average Bonchev–Trinajstić information content (AvgIpc) is 2.30. The summed E-state index contributed by atoms with van der Waals surface area (Å²) in [5.74, 6) is 0.617. The molecule has 0 unspecified atom stereocenters. The van der Waals surface area contributed by atoms with Gasteiger partial charge in [-0.15, -0.1) is 0 Å². The van der Waals surface area contributed by atoms with Crippen molar-refractivity contribution in [3.63, 3.8) is 0 Å². The molecule has 0 saturated carbocycles. The molecule has 0 spiro atoms. The molecule has 0 saturated heterocycles. The van der Waals surface area contributed by atoms with E-state index in [9.17, 15) is 0 Å². The molecule has 0 aromatic heterocycles. The van der Waals surface area contributed by atoms with E-state index < -0.39 is 0 Å². The fourth-order valence-electron chi connectivity index (χ4n) is 1.81. The highest BCUT2D eigenvalue weighted by atomic mass is 14.2. The zero-order valence-electron chi connectivity index (χ0n) is 6.96. The third-order valence-electron chi connectivity index (χ3n) is 2.38. The van der Waals surface area contributed by atoms with Gasteiger partial charge in [0.15, 0.2) is 0 Å². The second kappa shape index (κ2) is 2.23. The van der Waals surface area contributed by atoms with Gasteiger partial charge in [-0.25, -0.2) is 0 Å². The fraction of sp³-hybridized carbons (Fsp3) is 0.273. The Bertz CT molecular complexity index is 308. The topological polar surface area (TPSA) is 0 Å². The van der Waals surface area contributed by atoms with Gasteiger partial charge in [-0.2, -0.15) is 0 Å². The van der Waals surface area contributed by atoms with Gasteiger partial charge in [0.25, 0.3) is 0 Å². The van der Waals surface area contributed by atoms with Gasteiger partial charge >= 0.3 is 0 Å². The first-order valence-electron chi connectivity index (χ1n) is 4.07. The van der Waals surface area contributed by atoms with Crippen LogP contribution in [0.15, 0.2) is 30.3 Å². The molecule has 0 heterocycles. The summed E-state index contributed by atoms with van der Waals surface area (Å²) < 4.78 is 0. The van der Waals surface area contributed by atoms with E-state index in [1.165, 1.54) is 16.7 Å². The minimum atomic E-state index is 0.617. The van der Waals surface area contributed by atoms with E-state index in [-0.39, 0.29) is 0 Å². The number of benzene rings is 1. The van der Waals surface area contributed by atoms with Crippen LogP contribution in [0.5, 0.6) is 0 Å². The van der Waals surface area contributed by atoms with Crippen LogP contribution in [0.4, 0.5) is 0 Å². The molecule has 11 heavy (non-hydrogen) atoms. The number of rotatable bonds is 0. The van der Waals surface area contributed by atoms with Crippen LogP contribution < -0.4 is 0 Å². The molecule has 1 aromatic rings. The van der Waals surface area contributed by atoms with Gasteiger partial charge in [-0.3, -0.25) is 0 Å². The quantitative estimate of drug-likeness (QED) is 0.524. The van der Waals surface area contributed by atoms with Gasteiger partial charge in [0.05, 0.1) is 0 Å². The normalized spacial score (nSPS) is 21.3. The first kappa shape index (κ1) is 6.66. The number of fused-ring (bicyclic) bond motifs is 1. The fourth-order valence-corrected chi connectivity index (χ4v) is 1.81. The molecule has 2 rings (SSSR count). The lowest BCUT2D eigenvalue weighted by atomic mass is 10.0. The third kappa shape index (κ3) is 0.900. The summed E-state index contributed by atoms with van der Waals surface area (Å²) in [6, 6.07) is 8.63. The lowest BCUT2D eigenvalue weighted by Gasteiger charge is -2.02. The molecule has 0 bridgehead atoms. The average molecular weight is 144 g/mol. The maximum absolute atomic E-state index is 2.32. The van der Waals surface area contributed by atoms with Gasteiger partial charge < -0.3 is 0 Å². The molecule has 56 valence electrons. The predicted octanol–water partition coefficient (Wildman–Crippen LogP) is 3.21. The summed E-state index contributed by atoms with van der Waals surface area (Å²) in [4.78, 5) is 0. The van der Waals surface area contributed by atoms with Gasteiger partial charge in [0.2, 0.25) is 0 Å². The minimum absolute atomic E-state index is 0.617. The van der Waals surface area contributed by atoms with Crippen molar-refractivity contribution in [2.45, 2.75) is 19.8 Å². The van der Waals surface area contributed by atoms with Gasteiger partial charge in [-0.05, 0) is 23.6 Å². The van der Waals surface area contributed by atoms with E-state index in [0.717, 1.165) is 0 Å². The molecule has 0 amide bonds. The molecule has 0 N–H and O–H groups in total. The summed E-state index contributed by atoms with van der Waals surface area (Å²) >= 11 is 0. The highest BCUT2D eigenvalue weighted by Crippen LogP contribution is 2.34. The highest BCUT2D eigenvalue weighted by molar-refractivity contribution is 5.72. The monoisotopic (exact) mass is 144 g/mol. The lowest BCUT2D eigenvalue weighted by molar-refractivity contribution is 0.990. The number of allylic oxidation sites excluding steroid dienone is 2. The molecule has 0 aliphatic heterocycles. The molecule has 0 heteroatoms. The molecular weight excluding hydrogens is 132 g/mol. The second-order valence-corrected chi connectivity index (χ2v) is 3.23. The van der Waals surface area contributed by atoms with Crippen LogP contribution in [0.3, 0.4) is 0 Å². The number of hydrogen-bond donors (Lipinski definition) is 0. The van der Waals surface area contributed by atoms with Crippen LogP contribution in [0.2, 0.25) is 0 Å². The molecule has 1 aliphatic rings. The summed E-state index contributed by atoms with van der Waals surface area (Å²) in [7, 11) is 0. The SMILES string of the molecule is CC1=C[C@@H](C)c2ccccc21. The van der Waals surface area contributed by atoms with Crippen molar-refractivity contribution in [1.82, 2.24) is 0 Å². The Kier molecular flexibility index (Phi) is 1.35. The number of hydrogen-bond acceptors (Lipinski definition) is 0. The molecule has 0 radical (unpaired) electrons. The highest BCUT2D eigenvalue weighted by Gasteiger charge is 2.15. The Morgan fingerprint density at radius 1 is 1.18 bits per heavy atom. The maximum atomic E-state index is 2.32. The lowest BCUT2D eigenvalue weighted by Crippen LogP contribution is -1.85. The van der Waals surface area contributed by atoms with Crippen molar-refractivity contribution in [3.8, 4) is 0 Å². The molecule has 0 fully saturated rings. The second-order valence-electron chi connectivity index (χ2n) is 3.23. The minimum Gasteiger partial charge on any atom is -0.0737 e. The Balaban J connectivity index is 2.62. The van der Waals surface area contributed by atoms with Crippen molar-refractivity contribution >= 4 is 5.57 Å². The molecule has 1 aliphatic carbocycles. The largest absolute Gasteiger partial charge is 0.0737 e. The van der Waals surface area contributed by atoms with Crippen molar-refractivity contribution in [3.05, 3.63) is 41.5 Å². The van der Waals surface area contributed by atoms with E-state index in [1.54, 1.807) is 0 Å². The van der Waals surface area contributed by atoms with Gasteiger partial charge in [0, 0.05) is 5.92 Å². The van der Waals surface area contributed by atoms with Gasteiger partial charge in [0.1, 0.15) is 0 Å². The summed E-state index contributed by atoms with van der Waals surface area (Å²) in [6.07, 6.45) is 2.32. The Morgan fingerprint density at radius 3 is 2.64 bits per heavy atom. The standard InChI is InChI=1S/C11H12/c1-8-7-9(2)11-6-4-3-5-10(8)11/h3-8H,1-2H3/t8-/m1/s1. The van der Waals surface area contributed by atoms with Crippen LogP contribution >= 0.6 is 0 Å². The predicted molar refractivity (Wildman–Crippen MR) is 48.5 cm³/mol. The summed E-state index contributed by atoms with van der Waals surface area (Å²) in [5.41, 5.74) is 4.33. The Labute approximate surface area is 67.6 Å². The van der Waals surface area contributed by atoms with Crippen molar-refractivity contribution < 1.29 is 0 Å². The third-order valence-corrected chi connectivity index (χ3v) is 2.38. The maximum Gasteiger partial charge on any atom is 0.000152 e. The van der Waals surface area contributed by atoms with E-state index in [2.05, 4.69) is 44.2 Å². The first-order chi connectivity index (χ1) is 5.29. The van der Waals surface area contributed by atoms with E-state index in [0.29, 0.717) is 5.92 Å². The van der Waals surface area contributed by atoms with E-state index >= 15 is 0 Å². The first-order valence-corrected chi connectivity index (χ1v) is 4.07. The van der Waals surface area contributed by atoms with Crippen molar-refractivity contribution in [2.75, 3.05) is 0 Å². The van der Waals surface area contributed by atoms with E-state index in [4.69, 9.17) is 0 Å². The summed E-state index contributed by atoms with van der Waals surface area (Å²) in [5, 5.41) is 0. The van der Waals surface area contributed by atoms with Gasteiger partial charge in [-0.1, -0.05) is 37.3 Å². The molecule has 0 nitrogen and oxygen atoms in total. The van der Waals surface area contributed by atoms with E-state index in [1.807, 2.05) is 0 Å². The molecule has 1 atom stereocenters. The van der Waals surface area contributed by atoms with Crippen LogP contribution in [0.25, 0.3) is 5.57 Å². The summed E-state index contributed by atoms with van der Waals surface area (Å²) in [6.45, 7) is 4.43.